The van der Waals surface area contributed by atoms with Crippen molar-refractivity contribution in [2.75, 3.05) is 37.7 Å². The first-order chi connectivity index (χ1) is 12.9. The van der Waals surface area contributed by atoms with Gasteiger partial charge in [0.15, 0.2) is 11.8 Å². The van der Waals surface area contributed by atoms with E-state index in [4.69, 9.17) is 4.74 Å². The zero-order valence-corrected chi connectivity index (χ0v) is 15.6. The molecule has 8 nitrogen and oxygen atoms in total. The Kier molecular flexibility index (Phi) is 5.55. The Labute approximate surface area is 157 Å². The molecule has 1 N–H and O–H groups in total. The molecule has 1 aromatic rings. The van der Waals surface area contributed by atoms with Gasteiger partial charge in [-0.25, -0.2) is 9.69 Å². The fraction of sp³-hybridized carbons (Fsp3) is 0.474. The molecule has 0 aromatic heterocycles. The number of quaternary nitrogens is 1. The molecule has 27 heavy (non-hydrogen) atoms. The van der Waals surface area contributed by atoms with Gasteiger partial charge in [0, 0.05) is 5.56 Å². The molecule has 2 aliphatic heterocycles. The maximum atomic E-state index is 12.9. The highest BCUT2D eigenvalue weighted by molar-refractivity contribution is 6.22. The number of Topliss-reactive ketones (excluding diaryl/α,β-unsaturated/α-hetero) is 1. The van der Waals surface area contributed by atoms with E-state index in [-0.39, 0.29) is 30.1 Å². The number of carbonyl (C=O) groups is 4. The molecule has 0 unspecified atom stereocenters. The van der Waals surface area contributed by atoms with Crippen molar-refractivity contribution >= 4 is 29.4 Å². The van der Waals surface area contributed by atoms with Crippen LogP contribution in [0, 0.1) is 0 Å². The average molecular weight is 374 g/mol. The fourth-order valence-corrected chi connectivity index (χ4v) is 3.61. The van der Waals surface area contributed by atoms with Gasteiger partial charge in [0.2, 0.25) is 5.91 Å². The minimum absolute atomic E-state index is 0.0672. The highest BCUT2D eigenvalue weighted by Gasteiger charge is 2.46. The first kappa shape index (κ1) is 19.0. The molecule has 2 fully saturated rings. The SMILES string of the molecule is CCOC(=O)N1CC[NH+]([C@@H]2CC(=O)N(c3ccc(C(C)=O)cc3)C2=O)CC1. The maximum absolute atomic E-state index is 12.9. The van der Waals surface area contributed by atoms with Crippen LogP contribution >= 0.6 is 0 Å². The summed E-state index contributed by atoms with van der Waals surface area (Å²) in [6, 6.07) is 6.06. The second-order valence-corrected chi connectivity index (χ2v) is 6.77. The van der Waals surface area contributed by atoms with E-state index in [1.165, 1.54) is 11.8 Å². The van der Waals surface area contributed by atoms with Crippen LogP contribution in [0.3, 0.4) is 0 Å². The van der Waals surface area contributed by atoms with Crippen LogP contribution in [0.5, 0.6) is 0 Å². The van der Waals surface area contributed by atoms with E-state index in [0.717, 1.165) is 4.90 Å². The molecule has 0 radical (unpaired) electrons. The van der Waals surface area contributed by atoms with Crippen molar-refractivity contribution in [1.82, 2.24) is 4.90 Å². The molecular formula is C19H24N3O5+. The zero-order chi connectivity index (χ0) is 19.6. The highest BCUT2D eigenvalue weighted by Crippen LogP contribution is 2.22. The van der Waals surface area contributed by atoms with Gasteiger partial charge in [-0.1, -0.05) is 0 Å². The van der Waals surface area contributed by atoms with Crippen molar-refractivity contribution in [2.24, 2.45) is 0 Å². The van der Waals surface area contributed by atoms with Crippen LogP contribution in [0.2, 0.25) is 0 Å². The van der Waals surface area contributed by atoms with Gasteiger partial charge in [0.05, 0.1) is 44.9 Å². The summed E-state index contributed by atoms with van der Waals surface area (Å²) in [6.07, 6.45) is -0.181. The van der Waals surface area contributed by atoms with Crippen molar-refractivity contribution in [2.45, 2.75) is 26.3 Å². The highest BCUT2D eigenvalue weighted by atomic mass is 16.6. The Bertz CT molecular complexity index is 753. The Hall–Kier alpha value is -2.74. The van der Waals surface area contributed by atoms with Gasteiger partial charge in [-0.2, -0.15) is 0 Å². The number of nitrogens with zero attached hydrogens (tertiary/aromatic N) is 2. The van der Waals surface area contributed by atoms with Crippen molar-refractivity contribution in [3.63, 3.8) is 0 Å². The molecule has 3 rings (SSSR count). The number of rotatable bonds is 4. The van der Waals surface area contributed by atoms with Crippen LogP contribution in [-0.2, 0) is 14.3 Å². The third kappa shape index (κ3) is 3.85. The summed E-state index contributed by atoms with van der Waals surface area (Å²) in [6.45, 7) is 5.76. The molecule has 8 heteroatoms. The molecule has 144 valence electrons. The second-order valence-electron chi connectivity index (χ2n) is 6.77. The molecule has 1 aromatic carbocycles. The topological polar surface area (TPSA) is 88.4 Å². The normalized spacial score (nSPS) is 20.9. The number of benzene rings is 1. The predicted molar refractivity (Wildman–Crippen MR) is 96.6 cm³/mol. The summed E-state index contributed by atoms with van der Waals surface area (Å²) in [5, 5.41) is 0. The van der Waals surface area contributed by atoms with Crippen molar-refractivity contribution in [3.8, 4) is 0 Å². The molecule has 2 saturated heterocycles. The summed E-state index contributed by atoms with van der Waals surface area (Å²) in [4.78, 5) is 52.4. The molecule has 3 amide bonds. The number of anilines is 1. The zero-order valence-electron chi connectivity index (χ0n) is 15.6. The van der Waals surface area contributed by atoms with E-state index in [1.54, 1.807) is 36.1 Å². The van der Waals surface area contributed by atoms with E-state index >= 15 is 0 Å². The van der Waals surface area contributed by atoms with E-state index in [9.17, 15) is 19.2 Å². The minimum atomic E-state index is -0.436. The van der Waals surface area contributed by atoms with Crippen LogP contribution in [0.15, 0.2) is 24.3 Å². The maximum Gasteiger partial charge on any atom is 0.410 e. The van der Waals surface area contributed by atoms with Gasteiger partial charge in [-0.3, -0.25) is 19.3 Å². The van der Waals surface area contributed by atoms with Crippen LogP contribution < -0.4 is 9.80 Å². The van der Waals surface area contributed by atoms with Crippen molar-refractivity contribution in [3.05, 3.63) is 29.8 Å². The molecule has 0 spiro atoms. The molecule has 1 atom stereocenters. The van der Waals surface area contributed by atoms with Crippen molar-refractivity contribution in [1.29, 1.82) is 0 Å². The smallest absolute Gasteiger partial charge is 0.410 e. The third-order valence-electron chi connectivity index (χ3n) is 5.10. The van der Waals surface area contributed by atoms with Crippen molar-refractivity contribution < 1.29 is 28.8 Å². The molecule has 0 aliphatic carbocycles. The number of carbonyl (C=O) groups excluding carboxylic acids is 4. The molecular weight excluding hydrogens is 350 g/mol. The Morgan fingerprint density at radius 2 is 1.78 bits per heavy atom. The Morgan fingerprint density at radius 1 is 1.15 bits per heavy atom. The minimum Gasteiger partial charge on any atom is -0.450 e. The number of hydrogen-bond acceptors (Lipinski definition) is 5. The van der Waals surface area contributed by atoms with Crippen LogP contribution in [0.4, 0.5) is 10.5 Å². The van der Waals surface area contributed by atoms with Crippen LogP contribution in [0.1, 0.15) is 30.6 Å². The lowest BCUT2D eigenvalue weighted by Gasteiger charge is -2.33. The Morgan fingerprint density at radius 3 is 2.33 bits per heavy atom. The van der Waals surface area contributed by atoms with Gasteiger partial charge < -0.3 is 9.64 Å². The van der Waals surface area contributed by atoms with Gasteiger partial charge in [0.1, 0.15) is 0 Å². The second kappa shape index (κ2) is 7.87. The average Bonchev–Trinajstić information content (AvgIpc) is 2.96. The summed E-state index contributed by atoms with van der Waals surface area (Å²) in [5.74, 6) is -0.529. The van der Waals surface area contributed by atoms with E-state index in [0.29, 0.717) is 44.0 Å². The van der Waals surface area contributed by atoms with Crippen LogP contribution in [-0.4, -0.2) is 67.4 Å². The first-order valence-electron chi connectivity index (χ1n) is 9.16. The van der Waals surface area contributed by atoms with Gasteiger partial charge >= 0.3 is 6.09 Å². The summed E-state index contributed by atoms with van der Waals surface area (Å²) >= 11 is 0. The van der Waals surface area contributed by atoms with E-state index in [1.807, 2.05) is 0 Å². The number of ketones is 1. The Balaban J connectivity index is 1.66. The molecule has 0 bridgehead atoms. The number of imide groups is 1. The number of amides is 3. The largest absolute Gasteiger partial charge is 0.450 e. The number of hydrogen-bond donors (Lipinski definition) is 1. The van der Waals surface area contributed by atoms with E-state index < -0.39 is 6.04 Å². The molecule has 0 saturated carbocycles. The monoisotopic (exact) mass is 374 g/mol. The lowest BCUT2D eigenvalue weighted by atomic mass is 10.1. The number of piperazine rings is 1. The third-order valence-corrected chi connectivity index (χ3v) is 5.10. The fourth-order valence-electron chi connectivity index (χ4n) is 3.61. The molecule has 2 heterocycles. The lowest BCUT2D eigenvalue weighted by molar-refractivity contribution is -0.918. The summed E-state index contributed by atoms with van der Waals surface area (Å²) in [7, 11) is 0. The first-order valence-corrected chi connectivity index (χ1v) is 9.16. The van der Waals surface area contributed by atoms with Gasteiger partial charge in [-0.05, 0) is 38.1 Å². The number of ether oxygens (including phenoxy) is 1. The number of nitrogens with one attached hydrogen (secondary N) is 1. The standard InChI is InChI=1S/C19H23N3O5/c1-3-27-19(26)21-10-8-20(9-11-21)16-12-17(24)22(18(16)25)15-6-4-14(5-7-15)13(2)23/h4-7,16H,3,8-12H2,1-2H3/p+1/t16-/m1/s1. The summed E-state index contributed by atoms with van der Waals surface area (Å²) < 4.78 is 5.01. The quantitative estimate of drug-likeness (QED) is 0.586. The van der Waals surface area contributed by atoms with Crippen LogP contribution in [0.25, 0.3) is 0 Å². The van der Waals surface area contributed by atoms with E-state index in [2.05, 4.69) is 0 Å². The lowest BCUT2D eigenvalue weighted by Crippen LogP contribution is -3.19. The predicted octanol–water partition coefficient (Wildman–Crippen LogP) is -0.122. The van der Waals surface area contributed by atoms with Gasteiger partial charge in [-0.15, -0.1) is 0 Å². The molecule has 2 aliphatic rings. The van der Waals surface area contributed by atoms with Gasteiger partial charge in [0.25, 0.3) is 5.91 Å². The summed E-state index contributed by atoms with van der Waals surface area (Å²) in [5.41, 5.74) is 1.03.